The molecule has 2 rings (SSSR count). The number of hydrogen-bond donors (Lipinski definition) is 0. The van der Waals surface area contributed by atoms with Gasteiger partial charge in [-0.1, -0.05) is 0 Å². The topological polar surface area (TPSA) is 25.2 Å². The Kier molecular flexibility index (Phi) is 3.03. The molecule has 0 aromatic carbocycles. The lowest BCUT2D eigenvalue weighted by atomic mass is 10.2. The van der Waals surface area contributed by atoms with Gasteiger partial charge in [0.25, 0.3) is 0 Å². The Balaban J connectivity index is 2.08. The van der Waals surface area contributed by atoms with Crippen LogP contribution in [0.2, 0.25) is 0 Å². The molecule has 3 nitrogen and oxygen atoms in total. The molecule has 0 unspecified atom stereocenters. The zero-order valence-corrected chi connectivity index (χ0v) is 10.3. The summed E-state index contributed by atoms with van der Waals surface area (Å²) in [6.45, 7) is 4.91. The summed E-state index contributed by atoms with van der Waals surface area (Å²) in [5, 5.41) is 0. The van der Waals surface area contributed by atoms with Crippen molar-refractivity contribution in [1.29, 1.82) is 0 Å². The number of rotatable bonds is 4. The summed E-state index contributed by atoms with van der Waals surface area (Å²) < 4.78 is 2.08. The molecule has 1 aromatic rings. The first-order valence-corrected chi connectivity index (χ1v) is 6.00. The van der Waals surface area contributed by atoms with E-state index in [1.165, 1.54) is 5.69 Å². The number of aromatic nitrogens is 1. The van der Waals surface area contributed by atoms with Crippen LogP contribution in [-0.4, -0.2) is 21.4 Å². The molecule has 0 bridgehead atoms. The van der Waals surface area contributed by atoms with Crippen LogP contribution in [0, 0.1) is 5.92 Å². The lowest BCUT2D eigenvalue weighted by Crippen LogP contribution is -2.37. The third-order valence-electron chi connectivity index (χ3n) is 3.22. The molecule has 1 fully saturated rings. The second kappa shape index (κ2) is 4.32. The van der Waals surface area contributed by atoms with Crippen LogP contribution in [0.3, 0.4) is 0 Å². The molecule has 1 amide bonds. The molecule has 0 saturated heterocycles. The maximum Gasteiger partial charge on any atom is 0.226 e. The number of aryl methyl sites for hydroxylation is 1. The number of carbonyl (C=O) groups is 1. The van der Waals surface area contributed by atoms with Crippen molar-refractivity contribution in [2.24, 2.45) is 13.0 Å². The van der Waals surface area contributed by atoms with Crippen LogP contribution in [-0.2, 0) is 18.4 Å². The molecule has 0 atom stereocenters. The second-order valence-electron chi connectivity index (χ2n) is 4.94. The van der Waals surface area contributed by atoms with Crippen LogP contribution in [0.25, 0.3) is 0 Å². The first-order valence-electron chi connectivity index (χ1n) is 6.00. The molecule has 0 radical (unpaired) electrons. The molecule has 1 aliphatic rings. The molecule has 16 heavy (non-hydrogen) atoms. The third kappa shape index (κ3) is 2.29. The Bertz CT molecular complexity index is 377. The van der Waals surface area contributed by atoms with Crippen LogP contribution in [0.5, 0.6) is 0 Å². The Morgan fingerprint density at radius 3 is 2.69 bits per heavy atom. The van der Waals surface area contributed by atoms with Gasteiger partial charge in [0.2, 0.25) is 5.91 Å². The van der Waals surface area contributed by atoms with Gasteiger partial charge in [0.1, 0.15) is 0 Å². The van der Waals surface area contributed by atoms with E-state index < -0.39 is 0 Å². The van der Waals surface area contributed by atoms with Crippen molar-refractivity contribution < 1.29 is 4.79 Å². The third-order valence-corrected chi connectivity index (χ3v) is 3.22. The van der Waals surface area contributed by atoms with E-state index >= 15 is 0 Å². The molecule has 1 heterocycles. The van der Waals surface area contributed by atoms with E-state index in [1.807, 2.05) is 24.2 Å². The smallest absolute Gasteiger partial charge is 0.226 e. The molecule has 0 N–H and O–H groups in total. The highest BCUT2D eigenvalue weighted by Gasteiger charge is 2.34. The van der Waals surface area contributed by atoms with E-state index in [0.717, 1.165) is 19.4 Å². The van der Waals surface area contributed by atoms with E-state index in [9.17, 15) is 4.79 Å². The fourth-order valence-corrected chi connectivity index (χ4v) is 1.92. The van der Waals surface area contributed by atoms with Crippen molar-refractivity contribution in [2.45, 2.75) is 39.3 Å². The summed E-state index contributed by atoms with van der Waals surface area (Å²) in [7, 11) is 2.02. The van der Waals surface area contributed by atoms with E-state index in [4.69, 9.17) is 0 Å². The fourth-order valence-electron chi connectivity index (χ4n) is 1.92. The largest absolute Gasteiger partial charge is 0.353 e. The molecule has 0 spiro atoms. The molecule has 1 aliphatic carbocycles. The minimum Gasteiger partial charge on any atom is -0.353 e. The second-order valence-corrected chi connectivity index (χ2v) is 4.94. The number of amides is 1. The first-order chi connectivity index (χ1) is 7.59. The molecule has 1 aromatic heterocycles. The SMILES string of the molecule is CC(C)N(Cc1cccn1C)C(=O)C1CC1. The summed E-state index contributed by atoms with van der Waals surface area (Å²) in [5.74, 6) is 0.638. The van der Waals surface area contributed by atoms with Gasteiger partial charge in [0.15, 0.2) is 0 Å². The van der Waals surface area contributed by atoms with Crippen molar-refractivity contribution in [3.8, 4) is 0 Å². The lowest BCUT2D eigenvalue weighted by molar-refractivity contribution is -0.135. The summed E-state index contributed by atoms with van der Waals surface area (Å²) in [6.07, 6.45) is 4.18. The molecule has 1 saturated carbocycles. The number of carbonyl (C=O) groups excluding carboxylic acids is 1. The van der Waals surface area contributed by atoms with Gasteiger partial charge < -0.3 is 9.47 Å². The van der Waals surface area contributed by atoms with Gasteiger partial charge in [-0.05, 0) is 38.8 Å². The molecular weight excluding hydrogens is 200 g/mol. The summed E-state index contributed by atoms with van der Waals surface area (Å²) in [5.41, 5.74) is 1.20. The molecular formula is C13H20N2O. The zero-order valence-electron chi connectivity index (χ0n) is 10.3. The van der Waals surface area contributed by atoms with Gasteiger partial charge in [0.05, 0.1) is 6.54 Å². The van der Waals surface area contributed by atoms with Crippen LogP contribution in [0.15, 0.2) is 18.3 Å². The molecule has 0 aliphatic heterocycles. The zero-order chi connectivity index (χ0) is 11.7. The quantitative estimate of drug-likeness (QED) is 0.763. The first kappa shape index (κ1) is 11.2. The lowest BCUT2D eigenvalue weighted by Gasteiger charge is -2.27. The highest BCUT2D eigenvalue weighted by atomic mass is 16.2. The van der Waals surface area contributed by atoms with E-state index in [2.05, 4.69) is 24.5 Å². The summed E-state index contributed by atoms with van der Waals surface area (Å²) in [4.78, 5) is 14.1. The van der Waals surface area contributed by atoms with Gasteiger partial charge in [-0.2, -0.15) is 0 Å². The monoisotopic (exact) mass is 220 g/mol. The Morgan fingerprint density at radius 1 is 1.56 bits per heavy atom. The van der Waals surface area contributed by atoms with Crippen LogP contribution in [0.4, 0.5) is 0 Å². The highest BCUT2D eigenvalue weighted by Crippen LogP contribution is 2.32. The maximum atomic E-state index is 12.1. The van der Waals surface area contributed by atoms with E-state index in [-0.39, 0.29) is 6.04 Å². The highest BCUT2D eigenvalue weighted by molar-refractivity contribution is 5.81. The van der Waals surface area contributed by atoms with Crippen LogP contribution < -0.4 is 0 Å². The standard InChI is InChI=1S/C13H20N2O/c1-10(2)15(13(16)11-6-7-11)9-12-5-4-8-14(12)3/h4-5,8,10-11H,6-7,9H2,1-3H3. The summed E-state index contributed by atoms with van der Waals surface area (Å²) in [6, 6.07) is 4.38. The maximum absolute atomic E-state index is 12.1. The van der Waals surface area contributed by atoms with Crippen LogP contribution >= 0.6 is 0 Å². The minimum absolute atomic E-state index is 0.281. The van der Waals surface area contributed by atoms with E-state index in [0.29, 0.717) is 11.8 Å². The average Bonchev–Trinajstić information content (AvgIpc) is 2.99. The van der Waals surface area contributed by atoms with Gasteiger partial charge in [-0.25, -0.2) is 0 Å². The average molecular weight is 220 g/mol. The Morgan fingerprint density at radius 2 is 2.25 bits per heavy atom. The molecule has 88 valence electrons. The van der Waals surface area contributed by atoms with Crippen molar-refractivity contribution >= 4 is 5.91 Å². The Hall–Kier alpha value is -1.25. The molecule has 3 heteroatoms. The van der Waals surface area contributed by atoms with Gasteiger partial charge in [-0.15, -0.1) is 0 Å². The van der Waals surface area contributed by atoms with Gasteiger partial charge >= 0.3 is 0 Å². The van der Waals surface area contributed by atoms with Crippen molar-refractivity contribution in [3.63, 3.8) is 0 Å². The van der Waals surface area contributed by atoms with Crippen molar-refractivity contribution in [1.82, 2.24) is 9.47 Å². The predicted molar refractivity (Wildman–Crippen MR) is 63.8 cm³/mol. The van der Waals surface area contributed by atoms with Gasteiger partial charge in [-0.3, -0.25) is 4.79 Å². The van der Waals surface area contributed by atoms with Crippen LogP contribution in [0.1, 0.15) is 32.4 Å². The fraction of sp³-hybridized carbons (Fsp3) is 0.615. The minimum atomic E-state index is 0.281. The van der Waals surface area contributed by atoms with Crippen molar-refractivity contribution in [2.75, 3.05) is 0 Å². The Labute approximate surface area is 97.1 Å². The van der Waals surface area contributed by atoms with E-state index in [1.54, 1.807) is 0 Å². The number of hydrogen-bond acceptors (Lipinski definition) is 1. The van der Waals surface area contributed by atoms with Gasteiger partial charge in [0, 0.05) is 30.9 Å². The summed E-state index contributed by atoms with van der Waals surface area (Å²) >= 11 is 0. The van der Waals surface area contributed by atoms with Crippen molar-refractivity contribution in [3.05, 3.63) is 24.0 Å². The predicted octanol–water partition coefficient (Wildman–Crippen LogP) is 2.17. The number of nitrogens with zero attached hydrogens (tertiary/aromatic N) is 2. The normalized spacial score (nSPS) is 15.5.